The number of anilines is 1. The smallest absolute Gasteiger partial charge is 0.338 e. The third-order valence-electron chi connectivity index (χ3n) is 2.71. The van der Waals surface area contributed by atoms with E-state index in [1.807, 2.05) is 0 Å². The number of aromatic carboxylic acids is 1. The zero-order valence-corrected chi connectivity index (χ0v) is 11.9. The first-order valence-electron chi connectivity index (χ1n) is 5.63. The second-order valence-electron chi connectivity index (χ2n) is 4.10. The summed E-state index contributed by atoms with van der Waals surface area (Å²) >= 11 is 7.14. The average Bonchev–Trinajstić information content (AvgIpc) is 2.81. The Bertz CT molecular complexity index is 660. The molecule has 2 aromatic rings. The molecule has 0 aliphatic carbocycles. The van der Waals surface area contributed by atoms with E-state index in [2.05, 4.69) is 5.32 Å². The molecular weight excluding hydrogens is 308 g/mol. The zero-order valence-electron chi connectivity index (χ0n) is 10.3. The molecule has 0 aliphatic heterocycles. The van der Waals surface area contributed by atoms with E-state index in [4.69, 9.17) is 16.7 Å². The predicted octanol–water partition coefficient (Wildman–Crippen LogP) is 4.55. The molecule has 106 valence electrons. The quantitative estimate of drug-likeness (QED) is 0.869. The summed E-state index contributed by atoms with van der Waals surface area (Å²) in [6.07, 6.45) is 0. The normalized spacial score (nSPS) is 12.2. The first kappa shape index (κ1) is 14.7. The third kappa shape index (κ3) is 2.91. The van der Waals surface area contributed by atoms with Gasteiger partial charge in [-0.3, -0.25) is 0 Å². The number of carboxylic acid groups (broad SMARTS) is 1. The lowest BCUT2D eigenvalue weighted by molar-refractivity contribution is 0.0690. The van der Waals surface area contributed by atoms with Gasteiger partial charge in [-0.2, -0.15) is 0 Å². The van der Waals surface area contributed by atoms with Gasteiger partial charge in [-0.25, -0.2) is 13.6 Å². The Morgan fingerprint density at radius 2 is 2.00 bits per heavy atom. The van der Waals surface area contributed by atoms with Crippen LogP contribution in [0.15, 0.2) is 24.3 Å². The molecule has 0 saturated carbocycles. The maximum atomic E-state index is 13.8. The Balaban J connectivity index is 2.26. The standard InChI is InChI=1S/C13H10ClF2NO2S/c1-6(9-4-5-10(14)20-9)17-8-3-2-7(13(18)19)11(15)12(8)16/h2-6,17H,1H3,(H,18,19). The van der Waals surface area contributed by atoms with Crippen molar-refractivity contribution in [2.24, 2.45) is 0 Å². The summed E-state index contributed by atoms with van der Waals surface area (Å²) in [6, 6.07) is 5.44. The van der Waals surface area contributed by atoms with Crippen LogP contribution in [0.5, 0.6) is 0 Å². The molecule has 0 amide bonds. The number of carboxylic acids is 1. The molecule has 0 bridgehead atoms. The van der Waals surface area contributed by atoms with Crippen molar-refractivity contribution in [3.8, 4) is 0 Å². The molecule has 3 nitrogen and oxygen atoms in total. The van der Waals surface area contributed by atoms with Crippen LogP contribution in [0.25, 0.3) is 0 Å². The number of hydrogen-bond donors (Lipinski definition) is 2. The highest BCUT2D eigenvalue weighted by Crippen LogP contribution is 2.30. The van der Waals surface area contributed by atoms with Crippen LogP contribution >= 0.6 is 22.9 Å². The third-order valence-corrected chi connectivity index (χ3v) is 4.12. The minimum atomic E-state index is -1.51. The van der Waals surface area contributed by atoms with E-state index < -0.39 is 23.2 Å². The Kier molecular flexibility index (Phi) is 4.25. The lowest BCUT2D eigenvalue weighted by Crippen LogP contribution is -2.10. The van der Waals surface area contributed by atoms with Crippen LogP contribution in [0.2, 0.25) is 4.34 Å². The van der Waals surface area contributed by atoms with Crippen LogP contribution in [0.4, 0.5) is 14.5 Å². The summed E-state index contributed by atoms with van der Waals surface area (Å²) < 4.78 is 27.9. The van der Waals surface area contributed by atoms with Crippen molar-refractivity contribution in [3.63, 3.8) is 0 Å². The highest BCUT2D eigenvalue weighted by Gasteiger charge is 2.19. The number of hydrogen-bond acceptors (Lipinski definition) is 3. The number of halogens is 3. The van der Waals surface area contributed by atoms with Crippen LogP contribution in [0.3, 0.4) is 0 Å². The summed E-state index contributed by atoms with van der Waals surface area (Å²) in [7, 11) is 0. The fraction of sp³-hybridized carbons (Fsp3) is 0.154. The maximum Gasteiger partial charge on any atom is 0.338 e. The Hall–Kier alpha value is -1.66. The van der Waals surface area contributed by atoms with Crippen molar-refractivity contribution in [2.75, 3.05) is 5.32 Å². The first-order valence-corrected chi connectivity index (χ1v) is 6.82. The minimum absolute atomic E-state index is 0.0930. The molecule has 2 N–H and O–H groups in total. The summed E-state index contributed by atoms with van der Waals surface area (Å²) in [5, 5.41) is 11.5. The lowest BCUT2D eigenvalue weighted by atomic mass is 10.1. The maximum absolute atomic E-state index is 13.8. The number of carbonyl (C=O) groups is 1. The van der Waals surface area contributed by atoms with Gasteiger partial charge in [0, 0.05) is 4.88 Å². The van der Waals surface area contributed by atoms with Gasteiger partial charge < -0.3 is 10.4 Å². The molecule has 1 aromatic carbocycles. The molecule has 1 aromatic heterocycles. The van der Waals surface area contributed by atoms with Gasteiger partial charge in [-0.1, -0.05) is 11.6 Å². The summed E-state index contributed by atoms with van der Waals surface area (Å²) in [4.78, 5) is 11.6. The first-order chi connectivity index (χ1) is 9.40. The Morgan fingerprint density at radius 1 is 1.30 bits per heavy atom. The van der Waals surface area contributed by atoms with Gasteiger partial charge >= 0.3 is 5.97 Å². The molecule has 20 heavy (non-hydrogen) atoms. The van der Waals surface area contributed by atoms with Gasteiger partial charge in [0.2, 0.25) is 0 Å². The van der Waals surface area contributed by atoms with Crippen molar-refractivity contribution in [1.29, 1.82) is 0 Å². The fourth-order valence-corrected chi connectivity index (χ4v) is 2.75. The molecular formula is C13H10ClF2NO2S. The van der Waals surface area contributed by atoms with Gasteiger partial charge in [0.15, 0.2) is 11.6 Å². The molecule has 0 aliphatic rings. The molecule has 1 unspecified atom stereocenters. The SMILES string of the molecule is CC(Nc1ccc(C(=O)O)c(F)c1F)c1ccc(Cl)s1. The van der Waals surface area contributed by atoms with Gasteiger partial charge in [0.05, 0.1) is 21.6 Å². The topological polar surface area (TPSA) is 49.3 Å². The number of rotatable bonds is 4. The lowest BCUT2D eigenvalue weighted by Gasteiger charge is -2.15. The van der Waals surface area contributed by atoms with Crippen LogP contribution in [0.1, 0.15) is 28.2 Å². The highest BCUT2D eigenvalue weighted by molar-refractivity contribution is 7.16. The van der Waals surface area contributed by atoms with Crippen molar-refractivity contribution in [3.05, 3.63) is 50.7 Å². The number of nitrogens with one attached hydrogen (secondary N) is 1. The molecule has 0 radical (unpaired) electrons. The molecule has 1 atom stereocenters. The fourth-order valence-electron chi connectivity index (χ4n) is 1.69. The predicted molar refractivity (Wildman–Crippen MR) is 74.7 cm³/mol. The van der Waals surface area contributed by atoms with Gasteiger partial charge in [0.25, 0.3) is 0 Å². The van der Waals surface area contributed by atoms with Crippen molar-refractivity contribution in [1.82, 2.24) is 0 Å². The van der Waals surface area contributed by atoms with E-state index in [0.29, 0.717) is 4.34 Å². The number of benzene rings is 1. The molecule has 1 heterocycles. The summed E-state index contributed by atoms with van der Waals surface area (Å²) in [5.74, 6) is -4.09. The molecule has 0 spiro atoms. The van der Waals surface area contributed by atoms with Crippen LogP contribution in [-0.2, 0) is 0 Å². The molecule has 7 heteroatoms. The van der Waals surface area contributed by atoms with Crippen molar-refractivity contribution < 1.29 is 18.7 Å². The summed E-state index contributed by atoms with van der Waals surface area (Å²) in [6.45, 7) is 1.77. The van der Waals surface area contributed by atoms with E-state index in [-0.39, 0.29) is 11.7 Å². The second kappa shape index (κ2) is 5.76. The number of thiophene rings is 1. The van der Waals surface area contributed by atoms with Crippen LogP contribution in [-0.4, -0.2) is 11.1 Å². The van der Waals surface area contributed by atoms with Crippen LogP contribution in [0, 0.1) is 11.6 Å². The Labute approximate surface area is 122 Å². The molecule has 2 rings (SSSR count). The highest BCUT2D eigenvalue weighted by atomic mass is 35.5. The Morgan fingerprint density at radius 3 is 2.55 bits per heavy atom. The van der Waals surface area contributed by atoms with E-state index in [9.17, 15) is 13.6 Å². The van der Waals surface area contributed by atoms with Crippen LogP contribution < -0.4 is 5.32 Å². The zero-order chi connectivity index (χ0) is 14.9. The monoisotopic (exact) mass is 317 g/mol. The minimum Gasteiger partial charge on any atom is -0.478 e. The molecule has 0 saturated heterocycles. The average molecular weight is 318 g/mol. The second-order valence-corrected chi connectivity index (χ2v) is 5.85. The summed E-state index contributed by atoms with van der Waals surface area (Å²) in [5.41, 5.74) is -0.788. The van der Waals surface area contributed by atoms with E-state index in [1.165, 1.54) is 17.4 Å². The van der Waals surface area contributed by atoms with E-state index in [1.54, 1.807) is 19.1 Å². The van der Waals surface area contributed by atoms with Gasteiger partial charge in [-0.05, 0) is 31.2 Å². The molecule has 0 fully saturated rings. The van der Waals surface area contributed by atoms with Crippen molar-refractivity contribution in [2.45, 2.75) is 13.0 Å². The largest absolute Gasteiger partial charge is 0.478 e. The van der Waals surface area contributed by atoms with Gasteiger partial charge in [0.1, 0.15) is 0 Å². The van der Waals surface area contributed by atoms with Gasteiger partial charge in [-0.15, -0.1) is 11.3 Å². The van der Waals surface area contributed by atoms with E-state index in [0.717, 1.165) is 10.9 Å². The van der Waals surface area contributed by atoms with Crippen molar-refractivity contribution >= 4 is 34.6 Å². The van der Waals surface area contributed by atoms with E-state index >= 15 is 0 Å².